The zero-order chi connectivity index (χ0) is 20.5. The number of hydrogen-bond acceptors (Lipinski definition) is 6. The minimum Gasteiger partial charge on any atom is -0.493 e. The fourth-order valence-corrected chi connectivity index (χ4v) is 2.31. The Labute approximate surface area is 162 Å². The van der Waals surface area contributed by atoms with Crippen LogP contribution in [0.1, 0.15) is 6.92 Å². The summed E-state index contributed by atoms with van der Waals surface area (Å²) in [4.78, 5) is 23.5. The van der Waals surface area contributed by atoms with Crippen molar-refractivity contribution in [3.05, 3.63) is 54.2 Å². The van der Waals surface area contributed by atoms with E-state index in [1.165, 1.54) is 27.3 Å². The van der Waals surface area contributed by atoms with Crippen molar-refractivity contribution in [2.45, 2.75) is 6.92 Å². The van der Waals surface area contributed by atoms with E-state index in [2.05, 4.69) is 16.0 Å². The molecule has 0 heterocycles. The molecular weight excluding hydrogens is 360 g/mol. The van der Waals surface area contributed by atoms with Crippen molar-refractivity contribution in [3.8, 4) is 17.6 Å². The number of methoxy groups -OCH3 is 2. The van der Waals surface area contributed by atoms with E-state index >= 15 is 0 Å². The van der Waals surface area contributed by atoms with E-state index in [9.17, 15) is 14.9 Å². The van der Waals surface area contributed by atoms with Crippen molar-refractivity contribution in [2.24, 2.45) is 0 Å². The Hall–Kier alpha value is -3.99. The van der Waals surface area contributed by atoms with Crippen LogP contribution in [0, 0.1) is 11.3 Å². The van der Waals surface area contributed by atoms with Crippen LogP contribution < -0.4 is 25.4 Å². The standard InChI is InChI=1S/C20H20N4O4/c1-13(25)23-16-6-4-5-15(9-16)22-12-14(11-21)20(26)24-17-7-8-18(27-2)19(10-17)28-3/h4-10,12,22H,1-3H3,(H,23,25)(H,24,26)/b14-12-. The van der Waals surface area contributed by atoms with E-state index in [1.54, 1.807) is 42.5 Å². The van der Waals surface area contributed by atoms with Gasteiger partial charge in [-0.3, -0.25) is 9.59 Å². The van der Waals surface area contributed by atoms with E-state index in [1.807, 2.05) is 6.07 Å². The van der Waals surface area contributed by atoms with Crippen LogP contribution in [0.25, 0.3) is 0 Å². The first-order valence-electron chi connectivity index (χ1n) is 8.24. The topological polar surface area (TPSA) is 112 Å². The number of amides is 2. The van der Waals surface area contributed by atoms with Crippen molar-refractivity contribution >= 4 is 28.9 Å². The highest BCUT2D eigenvalue weighted by Crippen LogP contribution is 2.29. The number of hydrogen-bond donors (Lipinski definition) is 3. The lowest BCUT2D eigenvalue weighted by molar-refractivity contribution is -0.114. The average molecular weight is 380 g/mol. The molecule has 0 aliphatic heterocycles. The minimum atomic E-state index is -0.583. The number of nitrogens with one attached hydrogen (secondary N) is 3. The lowest BCUT2D eigenvalue weighted by Crippen LogP contribution is -2.14. The van der Waals surface area contributed by atoms with E-state index in [-0.39, 0.29) is 11.5 Å². The van der Waals surface area contributed by atoms with Crippen LogP contribution in [0.2, 0.25) is 0 Å². The molecule has 2 aromatic rings. The maximum Gasteiger partial charge on any atom is 0.267 e. The molecule has 8 heteroatoms. The lowest BCUT2D eigenvalue weighted by Gasteiger charge is -2.10. The summed E-state index contributed by atoms with van der Waals surface area (Å²) in [6, 6.07) is 13.6. The molecule has 0 aromatic heterocycles. The molecule has 3 N–H and O–H groups in total. The molecule has 0 saturated carbocycles. The van der Waals surface area contributed by atoms with Gasteiger partial charge in [0.1, 0.15) is 11.6 Å². The molecule has 8 nitrogen and oxygen atoms in total. The zero-order valence-electron chi connectivity index (χ0n) is 15.7. The van der Waals surface area contributed by atoms with Gasteiger partial charge in [-0.2, -0.15) is 5.26 Å². The molecule has 0 bridgehead atoms. The zero-order valence-corrected chi connectivity index (χ0v) is 15.7. The second-order valence-electron chi connectivity index (χ2n) is 5.60. The maximum absolute atomic E-state index is 12.4. The van der Waals surface area contributed by atoms with Gasteiger partial charge in [0.05, 0.1) is 14.2 Å². The van der Waals surface area contributed by atoms with Gasteiger partial charge in [0, 0.05) is 36.3 Å². The summed E-state index contributed by atoms with van der Waals surface area (Å²) in [6.45, 7) is 1.41. The van der Waals surface area contributed by atoms with Crippen LogP contribution in [0.4, 0.5) is 17.1 Å². The molecule has 144 valence electrons. The number of ether oxygens (including phenoxy) is 2. The van der Waals surface area contributed by atoms with Gasteiger partial charge in [-0.05, 0) is 30.3 Å². The highest BCUT2D eigenvalue weighted by molar-refractivity contribution is 6.06. The first-order valence-corrected chi connectivity index (χ1v) is 8.24. The fourth-order valence-electron chi connectivity index (χ4n) is 2.31. The summed E-state index contributed by atoms with van der Waals surface area (Å²) in [5.74, 6) is 0.202. The van der Waals surface area contributed by atoms with Crippen LogP contribution in [0.15, 0.2) is 54.2 Å². The Morgan fingerprint density at radius 2 is 1.64 bits per heavy atom. The molecule has 2 rings (SSSR count). The van der Waals surface area contributed by atoms with Gasteiger partial charge < -0.3 is 25.4 Å². The number of nitrogens with zero attached hydrogens (tertiary/aromatic N) is 1. The second-order valence-corrected chi connectivity index (χ2v) is 5.60. The summed E-state index contributed by atoms with van der Waals surface area (Å²) < 4.78 is 10.3. The Kier molecular flexibility index (Phi) is 6.99. The van der Waals surface area contributed by atoms with Crippen LogP contribution in [-0.2, 0) is 9.59 Å². The molecule has 2 aromatic carbocycles. The van der Waals surface area contributed by atoms with Gasteiger partial charge in [0.25, 0.3) is 5.91 Å². The number of anilines is 3. The summed E-state index contributed by atoms with van der Waals surface area (Å²) in [6.07, 6.45) is 1.29. The molecule has 0 aliphatic rings. The number of carbonyl (C=O) groups is 2. The number of benzene rings is 2. The maximum atomic E-state index is 12.4. The summed E-state index contributed by atoms with van der Waals surface area (Å²) in [5.41, 5.74) is 1.54. The van der Waals surface area contributed by atoms with Crippen molar-refractivity contribution in [2.75, 3.05) is 30.2 Å². The van der Waals surface area contributed by atoms with E-state index in [0.717, 1.165) is 0 Å². The molecule has 0 unspecified atom stereocenters. The largest absolute Gasteiger partial charge is 0.493 e. The van der Waals surface area contributed by atoms with Crippen molar-refractivity contribution in [3.63, 3.8) is 0 Å². The fraction of sp³-hybridized carbons (Fsp3) is 0.150. The SMILES string of the molecule is COc1ccc(NC(=O)/C(C#N)=C\Nc2cccc(NC(C)=O)c2)cc1OC. The number of nitriles is 1. The second kappa shape index (κ2) is 9.64. The Bertz CT molecular complexity index is 947. The van der Waals surface area contributed by atoms with Gasteiger partial charge in [-0.25, -0.2) is 0 Å². The molecule has 0 radical (unpaired) electrons. The molecule has 0 saturated heterocycles. The average Bonchev–Trinajstić information content (AvgIpc) is 2.68. The molecular formula is C20H20N4O4. The van der Waals surface area contributed by atoms with Crippen molar-refractivity contribution in [1.82, 2.24) is 0 Å². The first kappa shape index (κ1) is 20.3. The molecule has 0 aliphatic carbocycles. The van der Waals surface area contributed by atoms with E-state index < -0.39 is 5.91 Å². The molecule has 2 amide bonds. The highest BCUT2D eigenvalue weighted by Gasteiger charge is 2.11. The predicted octanol–water partition coefficient (Wildman–Crippen LogP) is 3.12. The third kappa shape index (κ3) is 5.51. The Balaban J connectivity index is 2.11. The van der Waals surface area contributed by atoms with Crippen LogP contribution in [0.3, 0.4) is 0 Å². The van der Waals surface area contributed by atoms with Crippen LogP contribution >= 0.6 is 0 Å². The summed E-state index contributed by atoms with van der Waals surface area (Å²) >= 11 is 0. The van der Waals surface area contributed by atoms with Crippen molar-refractivity contribution < 1.29 is 19.1 Å². The number of carbonyl (C=O) groups excluding carboxylic acids is 2. The Morgan fingerprint density at radius 3 is 2.29 bits per heavy atom. The lowest BCUT2D eigenvalue weighted by atomic mass is 10.2. The third-order valence-electron chi connectivity index (χ3n) is 3.57. The minimum absolute atomic E-state index is 0.125. The quantitative estimate of drug-likeness (QED) is 0.502. The molecule has 0 spiro atoms. The van der Waals surface area contributed by atoms with Crippen molar-refractivity contribution in [1.29, 1.82) is 5.26 Å². The summed E-state index contributed by atoms with van der Waals surface area (Å²) in [5, 5.41) is 17.5. The normalized spacial score (nSPS) is 10.4. The predicted molar refractivity (Wildman–Crippen MR) is 106 cm³/mol. The monoisotopic (exact) mass is 380 g/mol. The highest BCUT2D eigenvalue weighted by atomic mass is 16.5. The van der Waals surface area contributed by atoms with Crippen LogP contribution in [0.5, 0.6) is 11.5 Å². The van der Waals surface area contributed by atoms with Gasteiger partial charge in [-0.15, -0.1) is 0 Å². The number of rotatable bonds is 7. The van der Waals surface area contributed by atoms with E-state index in [0.29, 0.717) is 28.6 Å². The first-order chi connectivity index (χ1) is 13.5. The Morgan fingerprint density at radius 1 is 0.964 bits per heavy atom. The van der Waals surface area contributed by atoms with Crippen LogP contribution in [-0.4, -0.2) is 26.0 Å². The van der Waals surface area contributed by atoms with Gasteiger partial charge >= 0.3 is 0 Å². The van der Waals surface area contributed by atoms with E-state index in [4.69, 9.17) is 9.47 Å². The van der Waals surface area contributed by atoms with Gasteiger partial charge in [-0.1, -0.05) is 6.07 Å². The smallest absolute Gasteiger partial charge is 0.267 e. The molecule has 0 atom stereocenters. The van der Waals surface area contributed by atoms with Gasteiger partial charge in [0.2, 0.25) is 5.91 Å². The molecule has 0 fully saturated rings. The summed E-state index contributed by atoms with van der Waals surface area (Å²) in [7, 11) is 3.00. The molecule has 28 heavy (non-hydrogen) atoms. The third-order valence-corrected chi connectivity index (χ3v) is 3.57. The van der Waals surface area contributed by atoms with Gasteiger partial charge in [0.15, 0.2) is 11.5 Å².